The molecule has 0 saturated carbocycles. The van der Waals surface area contributed by atoms with Crippen LogP contribution in [0.15, 0.2) is 218 Å². The van der Waals surface area contributed by atoms with E-state index in [9.17, 15) is 0 Å². The van der Waals surface area contributed by atoms with Crippen molar-refractivity contribution in [1.82, 2.24) is 19.5 Å². The van der Waals surface area contributed by atoms with E-state index in [1.54, 1.807) is 0 Å². The molecule has 10 aromatic carbocycles. The van der Waals surface area contributed by atoms with Gasteiger partial charge < -0.3 is 4.57 Å². The molecule has 61 heavy (non-hydrogen) atoms. The Labute approximate surface area is 352 Å². The van der Waals surface area contributed by atoms with Gasteiger partial charge in [-0.1, -0.05) is 182 Å². The summed E-state index contributed by atoms with van der Waals surface area (Å²) in [6, 6.07) is 77.8. The molecule has 0 fully saturated rings. The van der Waals surface area contributed by atoms with Gasteiger partial charge in [0.1, 0.15) is 0 Å². The number of rotatable bonds is 6. The molecule has 0 unspecified atom stereocenters. The van der Waals surface area contributed by atoms with Crippen molar-refractivity contribution in [1.29, 1.82) is 0 Å². The lowest BCUT2D eigenvalue weighted by Crippen LogP contribution is -2.00. The van der Waals surface area contributed by atoms with Gasteiger partial charge in [-0.25, -0.2) is 15.0 Å². The van der Waals surface area contributed by atoms with Gasteiger partial charge in [0.05, 0.1) is 11.0 Å². The molecule has 2 heterocycles. The molecule has 4 heteroatoms. The van der Waals surface area contributed by atoms with Gasteiger partial charge in [0.2, 0.25) is 0 Å². The molecular formula is C57H36N4. The Balaban J connectivity index is 0.990. The summed E-state index contributed by atoms with van der Waals surface area (Å²) >= 11 is 0. The molecular weight excluding hydrogens is 741 g/mol. The second kappa shape index (κ2) is 14.3. The Morgan fingerprint density at radius 1 is 0.262 bits per heavy atom. The first-order chi connectivity index (χ1) is 30.2. The van der Waals surface area contributed by atoms with E-state index in [-0.39, 0.29) is 0 Å². The molecule has 12 rings (SSSR count). The smallest absolute Gasteiger partial charge is 0.164 e. The molecule has 4 nitrogen and oxygen atoms in total. The topological polar surface area (TPSA) is 43.6 Å². The first-order valence-electron chi connectivity index (χ1n) is 20.7. The maximum atomic E-state index is 4.96. The van der Waals surface area contributed by atoms with Crippen molar-refractivity contribution in [2.45, 2.75) is 0 Å². The van der Waals surface area contributed by atoms with Crippen LogP contribution in [0.2, 0.25) is 0 Å². The molecule has 0 spiro atoms. The molecule has 0 aliphatic rings. The van der Waals surface area contributed by atoms with Gasteiger partial charge >= 0.3 is 0 Å². The van der Waals surface area contributed by atoms with E-state index in [0.717, 1.165) is 33.5 Å². The summed E-state index contributed by atoms with van der Waals surface area (Å²) in [5.41, 5.74) is 11.1. The van der Waals surface area contributed by atoms with Crippen LogP contribution in [-0.2, 0) is 0 Å². The van der Waals surface area contributed by atoms with Gasteiger partial charge in [0.15, 0.2) is 17.5 Å². The molecule has 284 valence electrons. The summed E-state index contributed by atoms with van der Waals surface area (Å²) in [5.74, 6) is 1.95. The Morgan fingerprint density at radius 3 is 1.39 bits per heavy atom. The van der Waals surface area contributed by atoms with Gasteiger partial charge in [-0.2, -0.15) is 0 Å². The first kappa shape index (κ1) is 34.8. The van der Waals surface area contributed by atoms with E-state index in [1.165, 1.54) is 65.3 Å². The number of nitrogens with zero attached hydrogens (tertiary/aromatic N) is 4. The Bertz CT molecular complexity index is 3560. The maximum Gasteiger partial charge on any atom is 0.164 e. The van der Waals surface area contributed by atoms with Crippen molar-refractivity contribution in [2.24, 2.45) is 0 Å². The van der Waals surface area contributed by atoms with Gasteiger partial charge in [0, 0.05) is 33.2 Å². The highest BCUT2D eigenvalue weighted by Crippen LogP contribution is 2.43. The van der Waals surface area contributed by atoms with Gasteiger partial charge in [-0.05, 0) is 91.0 Å². The SMILES string of the molecule is c1ccc(-c2nc(-c3ccccc3)nc(-c3ccc(-c4ccc5c(c4)c4ccccc4c4cccc(-c6ccc7c(c6)c6ccccc6n7-c6ccccc6)c45)cc3)n2)cc1. The minimum Gasteiger partial charge on any atom is -0.309 e. The van der Waals surface area contributed by atoms with Crippen molar-refractivity contribution in [2.75, 3.05) is 0 Å². The second-order valence-corrected chi connectivity index (χ2v) is 15.6. The Hall–Kier alpha value is -8.21. The van der Waals surface area contributed by atoms with Crippen LogP contribution >= 0.6 is 0 Å². The summed E-state index contributed by atoms with van der Waals surface area (Å²) in [6.45, 7) is 0. The van der Waals surface area contributed by atoms with Crippen LogP contribution in [0.25, 0.3) is 116 Å². The van der Waals surface area contributed by atoms with Crippen molar-refractivity contribution in [3.8, 4) is 62.1 Å². The highest BCUT2D eigenvalue weighted by atomic mass is 15.0. The molecule has 0 amide bonds. The molecule has 0 radical (unpaired) electrons. The van der Waals surface area contributed by atoms with E-state index in [1.807, 2.05) is 60.7 Å². The summed E-state index contributed by atoms with van der Waals surface area (Å²) in [7, 11) is 0. The molecule has 0 bridgehead atoms. The predicted molar refractivity (Wildman–Crippen MR) is 254 cm³/mol. The van der Waals surface area contributed by atoms with Crippen molar-refractivity contribution in [3.05, 3.63) is 218 Å². The lowest BCUT2D eigenvalue weighted by atomic mass is 9.88. The van der Waals surface area contributed by atoms with Crippen LogP contribution in [0, 0.1) is 0 Å². The maximum absolute atomic E-state index is 4.96. The Morgan fingerprint density at radius 2 is 0.721 bits per heavy atom. The average molecular weight is 777 g/mol. The van der Waals surface area contributed by atoms with Crippen molar-refractivity contribution >= 4 is 54.1 Å². The zero-order valence-corrected chi connectivity index (χ0v) is 33.1. The third-order valence-electron chi connectivity index (χ3n) is 12.0. The van der Waals surface area contributed by atoms with E-state index in [4.69, 9.17) is 15.0 Å². The molecule has 0 aliphatic heterocycles. The van der Waals surface area contributed by atoms with Crippen LogP contribution in [0.5, 0.6) is 0 Å². The van der Waals surface area contributed by atoms with Gasteiger partial charge in [-0.15, -0.1) is 0 Å². The third-order valence-corrected chi connectivity index (χ3v) is 12.0. The molecule has 0 saturated heterocycles. The first-order valence-corrected chi connectivity index (χ1v) is 20.7. The molecule has 0 atom stereocenters. The monoisotopic (exact) mass is 776 g/mol. The van der Waals surface area contributed by atoms with Gasteiger partial charge in [0.25, 0.3) is 0 Å². The summed E-state index contributed by atoms with van der Waals surface area (Å²) < 4.78 is 2.38. The number of hydrogen-bond donors (Lipinski definition) is 0. The number of para-hydroxylation sites is 2. The van der Waals surface area contributed by atoms with E-state index < -0.39 is 0 Å². The number of hydrogen-bond acceptors (Lipinski definition) is 3. The predicted octanol–water partition coefficient (Wildman–Crippen LogP) is 14.8. The molecule has 12 aromatic rings. The Kier molecular flexibility index (Phi) is 8.13. The van der Waals surface area contributed by atoms with Crippen LogP contribution in [-0.4, -0.2) is 19.5 Å². The summed E-state index contributed by atoms with van der Waals surface area (Å²) in [6.07, 6.45) is 0. The number of aromatic nitrogens is 4. The quantitative estimate of drug-likeness (QED) is 0.158. The van der Waals surface area contributed by atoms with E-state index in [2.05, 4.69) is 162 Å². The van der Waals surface area contributed by atoms with Crippen LogP contribution in [0.4, 0.5) is 0 Å². The zero-order valence-electron chi connectivity index (χ0n) is 33.1. The van der Waals surface area contributed by atoms with E-state index in [0.29, 0.717) is 17.5 Å². The average Bonchev–Trinajstić information content (AvgIpc) is 3.68. The molecule has 0 aliphatic carbocycles. The zero-order chi connectivity index (χ0) is 40.3. The highest BCUT2D eigenvalue weighted by Gasteiger charge is 2.18. The van der Waals surface area contributed by atoms with Crippen LogP contribution in [0.3, 0.4) is 0 Å². The van der Waals surface area contributed by atoms with Crippen molar-refractivity contribution in [3.63, 3.8) is 0 Å². The fourth-order valence-corrected chi connectivity index (χ4v) is 9.17. The summed E-state index contributed by atoms with van der Waals surface area (Å²) in [4.78, 5) is 14.8. The van der Waals surface area contributed by atoms with Crippen LogP contribution in [0.1, 0.15) is 0 Å². The van der Waals surface area contributed by atoms with Crippen LogP contribution < -0.4 is 0 Å². The highest BCUT2D eigenvalue weighted by molar-refractivity contribution is 6.29. The number of benzene rings is 10. The minimum absolute atomic E-state index is 0.644. The lowest BCUT2D eigenvalue weighted by molar-refractivity contribution is 1.07. The normalized spacial score (nSPS) is 11.6. The van der Waals surface area contributed by atoms with Crippen molar-refractivity contribution < 1.29 is 0 Å². The number of fused-ring (bicyclic) bond motifs is 9. The molecule has 2 aromatic heterocycles. The van der Waals surface area contributed by atoms with E-state index >= 15 is 0 Å². The fraction of sp³-hybridized carbons (Fsp3) is 0. The molecule has 0 N–H and O–H groups in total. The minimum atomic E-state index is 0.644. The largest absolute Gasteiger partial charge is 0.309 e. The second-order valence-electron chi connectivity index (χ2n) is 15.6. The summed E-state index contributed by atoms with van der Waals surface area (Å²) in [5, 5.41) is 9.98. The fourth-order valence-electron chi connectivity index (χ4n) is 9.17. The lowest BCUT2D eigenvalue weighted by Gasteiger charge is -2.16. The standard InChI is InChI=1S/C57H36N4/c1-4-15-38(16-5-1)55-58-56(39-17-6-2-7-18-39)60-57(59-55)40-29-27-37(28-30-40)41-31-33-49-50(35-41)46-22-11-10-21-45(46)48-25-14-24-44(54(48)49)42-32-34-53-51(36-42)47-23-12-13-26-52(47)61(53)43-19-8-3-9-20-43/h1-36H. The third kappa shape index (κ3) is 5.88. The van der Waals surface area contributed by atoms with Gasteiger partial charge in [-0.3, -0.25) is 0 Å².